The normalized spacial score (nSPS) is 25.3. The van der Waals surface area contributed by atoms with Crippen LogP contribution in [-0.4, -0.2) is 19.5 Å². The summed E-state index contributed by atoms with van der Waals surface area (Å²) in [6.07, 6.45) is 5.04. The van der Waals surface area contributed by atoms with Crippen LogP contribution in [0.25, 0.3) is 0 Å². The number of carbonyl (C=O) groups excluding carboxylic acids is 1. The Morgan fingerprint density at radius 1 is 1.50 bits per heavy atom. The molecule has 0 N–H and O–H groups in total. The molecule has 0 bridgehead atoms. The van der Waals surface area contributed by atoms with Crippen molar-refractivity contribution in [2.75, 3.05) is 13.7 Å². The number of rotatable bonds is 3. The lowest BCUT2D eigenvalue weighted by molar-refractivity contribution is -0.114. The van der Waals surface area contributed by atoms with Crippen LogP contribution in [0.2, 0.25) is 0 Å². The van der Waals surface area contributed by atoms with E-state index in [2.05, 4.69) is 6.92 Å². The van der Waals surface area contributed by atoms with Crippen LogP contribution < -0.4 is 0 Å². The molecule has 0 aromatic carbocycles. The Kier molecular flexibility index (Phi) is 2.55. The Bertz CT molecular complexity index is 319. The van der Waals surface area contributed by atoms with Gasteiger partial charge in [0.2, 0.25) is 0 Å². The number of Topliss-reactive ketones (excluding diaryl/α,β-unsaturated/α-hetero) is 1. The first-order valence-electron chi connectivity index (χ1n) is 5.16. The van der Waals surface area contributed by atoms with Crippen molar-refractivity contribution in [1.82, 2.24) is 0 Å². The number of ketones is 1. The number of ether oxygens (including phenoxy) is 1. The molecule has 0 aliphatic heterocycles. The third-order valence-electron chi connectivity index (χ3n) is 3.02. The maximum atomic E-state index is 11.7. The SMILES string of the molecule is COC/C=C1/CC(=O)C(C2CC2)=C1C. The minimum atomic E-state index is 0.340. The van der Waals surface area contributed by atoms with Crippen LogP contribution in [0.4, 0.5) is 0 Å². The molecule has 2 rings (SSSR count). The lowest BCUT2D eigenvalue weighted by Gasteiger charge is -1.99. The van der Waals surface area contributed by atoms with Crippen LogP contribution in [0.5, 0.6) is 0 Å². The summed E-state index contributed by atoms with van der Waals surface area (Å²) in [4.78, 5) is 11.7. The fourth-order valence-electron chi connectivity index (χ4n) is 2.10. The summed E-state index contributed by atoms with van der Waals surface area (Å²) in [7, 11) is 1.68. The highest BCUT2D eigenvalue weighted by Gasteiger charge is 2.36. The predicted octanol–water partition coefficient (Wildman–Crippen LogP) is 2.26. The molecule has 0 saturated heterocycles. The van der Waals surface area contributed by atoms with Gasteiger partial charge in [-0.1, -0.05) is 6.08 Å². The van der Waals surface area contributed by atoms with Gasteiger partial charge in [0.05, 0.1) is 6.61 Å². The summed E-state index contributed by atoms with van der Waals surface area (Å²) < 4.78 is 4.99. The van der Waals surface area contributed by atoms with E-state index in [0.29, 0.717) is 24.7 Å². The molecule has 0 radical (unpaired) electrons. The van der Waals surface area contributed by atoms with Crippen molar-refractivity contribution >= 4 is 5.78 Å². The van der Waals surface area contributed by atoms with Gasteiger partial charge < -0.3 is 4.74 Å². The smallest absolute Gasteiger partial charge is 0.163 e. The second-order valence-corrected chi connectivity index (χ2v) is 4.10. The molecule has 14 heavy (non-hydrogen) atoms. The van der Waals surface area contributed by atoms with Gasteiger partial charge in [0.1, 0.15) is 0 Å². The number of methoxy groups -OCH3 is 1. The molecule has 1 saturated carbocycles. The van der Waals surface area contributed by atoms with Crippen molar-refractivity contribution in [3.8, 4) is 0 Å². The van der Waals surface area contributed by atoms with E-state index in [-0.39, 0.29) is 0 Å². The summed E-state index contributed by atoms with van der Waals surface area (Å²) in [5, 5.41) is 0. The summed E-state index contributed by atoms with van der Waals surface area (Å²) in [5.74, 6) is 0.920. The van der Waals surface area contributed by atoms with E-state index in [9.17, 15) is 4.79 Å². The summed E-state index contributed by atoms with van der Waals surface area (Å²) in [6.45, 7) is 2.68. The fraction of sp³-hybridized carbons (Fsp3) is 0.583. The highest BCUT2D eigenvalue weighted by atomic mass is 16.5. The fourth-order valence-corrected chi connectivity index (χ4v) is 2.10. The lowest BCUT2D eigenvalue weighted by Crippen LogP contribution is -1.97. The zero-order valence-electron chi connectivity index (χ0n) is 8.80. The van der Waals surface area contributed by atoms with Gasteiger partial charge in [0.15, 0.2) is 5.78 Å². The van der Waals surface area contributed by atoms with E-state index >= 15 is 0 Å². The highest BCUT2D eigenvalue weighted by Crippen LogP contribution is 2.44. The maximum Gasteiger partial charge on any atom is 0.163 e. The Balaban J connectivity index is 2.20. The molecule has 0 unspecified atom stereocenters. The zero-order valence-corrected chi connectivity index (χ0v) is 8.80. The van der Waals surface area contributed by atoms with Crippen molar-refractivity contribution in [3.63, 3.8) is 0 Å². The number of hydrogen-bond acceptors (Lipinski definition) is 2. The van der Waals surface area contributed by atoms with Gasteiger partial charge in [-0.15, -0.1) is 0 Å². The molecular formula is C12H16O2. The summed E-state index contributed by atoms with van der Waals surface area (Å²) >= 11 is 0. The standard InChI is InChI=1S/C12H16O2/c1-8-10(5-6-14-2)7-11(13)12(8)9-3-4-9/h5,9H,3-4,6-7H2,1-2H3/b10-5-. The van der Waals surface area contributed by atoms with Crippen molar-refractivity contribution in [2.24, 2.45) is 5.92 Å². The first-order chi connectivity index (χ1) is 6.74. The topological polar surface area (TPSA) is 26.3 Å². The van der Waals surface area contributed by atoms with E-state index in [4.69, 9.17) is 4.74 Å². The van der Waals surface area contributed by atoms with Gasteiger partial charge in [-0.3, -0.25) is 4.79 Å². The monoisotopic (exact) mass is 192 g/mol. The Morgan fingerprint density at radius 2 is 2.21 bits per heavy atom. The second kappa shape index (κ2) is 3.70. The molecule has 0 heterocycles. The molecule has 2 heteroatoms. The quantitative estimate of drug-likeness (QED) is 0.685. The molecule has 0 aromatic rings. The molecule has 2 aliphatic rings. The first-order valence-corrected chi connectivity index (χ1v) is 5.16. The van der Waals surface area contributed by atoms with Crippen LogP contribution in [0, 0.1) is 5.92 Å². The summed E-state index contributed by atoms with van der Waals surface area (Å²) in [6, 6.07) is 0. The minimum Gasteiger partial charge on any atom is -0.381 e. The van der Waals surface area contributed by atoms with E-state index in [1.54, 1.807) is 7.11 Å². The second-order valence-electron chi connectivity index (χ2n) is 4.10. The van der Waals surface area contributed by atoms with E-state index in [0.717, 1.165) is 5.57 Å². The van der Waals surface area contributed by atoms with Gasteiger partial charge in [0.25, 0.3) is 0 Å². The van der Waals surface area contributed by atoms with Crippen LogP contribution in [0.1, 0.15) is 26.2 Å². The average molecular weight is 192 g/mol. The largest absolute Gasteiger partial charge is 0.381 e. The van der Waals surface area contributed by atoms with Gasteiger partial charge in [-0.05, 0) is 36.8 Å². The van der Waals surface area contributed by atoms with Crippen LogP contribution in [0.15, 0.2) is 22.8 Å². The number of hydrogen-bond donors (Lipinski definition) is 0. The maximum absolute atomic E-state index is 11.7. The average Bonchev–Trinajstić information content (AvgIpc) is 2.92. The molecule has 1 fully saturated rings. The van der Waals surface area contributed by atoms with E-state index in [1.165, 1.54) is 24.0 Å². The molecule has 2 nitrogen and oxygen atoms in total. The Labute approximate surface area is 84.6 Å². The van der Waals surface area contributed by atoms with Gasteiger partial charge in [0, 0.05) is 19.1 Å². The molecule has 0 atom stereocenters. The molecule has 0 amide bonds. The number of carbonyl (C=O) groups is 1. The third kappa shape index (κ3) is 1.67. The van der Waals surface area contributed by atoms with E-state index < -0.39 is 0 Å². The van der Waals surface area contributed by atoms with Crippen molar-refractivity contribution in [3.05, 3.63) is 22.8 Å². The zero-order chi connectivity index (χ0) is 10.1. The Morgan fingerprint density at radius 3 is 2.79 bits per heavy atom. The van der Waals surface area contributed by atoms with Crippen LogP contribution in [-0.2, 0) is 9.53 Å². The third-order valence-corrected chi connectivity index (χ3v) is 3.02. The van der Waals surface area contributed by atoms with Crippen molar-refractivity contribution in [1.29, 1.82) is 0 Å². The molecule has 2 aliphatic carbocycles. The van der Waals surface area contributed by atoms with Gasteiger partial charge >= 0.3 is 0 Å². The lowest BCUT2D eigenvalue weighted by atomic mass is 10.1. The predicted molar refractivity (Wildman–Crippen MR) is 55.0 cm³/mol. The number of allylic oxidation sites excluding steroid dienone is 3. The summed E-state index contributed by atoms with van der Waals surface area (Å²) in [5.41, 5.74) is 3.50. The van der Waals surface area contributed by atoms with Gasteiger partial charge in [-0.25, -0.2) is 0 Å². The van der Waals surface area contributed by atoms with E-state index in [1.807, 2.05) is 6.08 Å². The minimum absolute atomic E-state index is 0.340. The highest BCUT2D eigenvalue weighted by molar-refractivity contribution is 6.03. The van der Waals surface area contributed by atoms with Crippen molar-refractivity contribution in [2.45, 2.75) is 26.2 Å². The molecular weight excluding hydrogens is 176 g/mol. The van der Waals surface area contributed by atoms with Crippen LogP contribution >= 0.6 is 0 Å². The van der Waals surface area contributed by atoms with Crippen molar-refractivity contribution < 1.29 is 9.53 Å². The van der Waals surface area contributed by atoms with Crippen LogP contribution in [0.3, 0.4) is 0 Å². The Hall–Kier alpha value is -0.890. The molecule has 0 spiro atoms. The molecule has 76 valence electrons. The molecule has 0 aromatic heterocycles. The van der Waals surface area contributed by atoms with Gasteiger partial charge in [-0.2, -0.15) is 0 Å². The first kappa shape index (κ1) is 9.66.